The molecule has 0 aliphatic rings. The predicted octanol–water partition coefficient (Wildman–Crippen LogP) is 3.60. The molecule has 0 saturated heterocycles. The first-order chi connectivity index (χ1) is 10.7. The summed E-state index contributed by atoms with van der Waals surface area (Å²) in [5.74, 6) is 0.512. The molecule has 4 N–H and O–H groups in total. The number of benzene rings is 1. The molecule has 4 nitrogen and oxygen atoms in total. The molecule has 0 amide bonds. The zero-order valence-corrected chi connectivity index (χ0v) is 15.6. The summed E-state index contributed by atoms with van der Waals surface area (Å²) in [6, 6.07) is 10.8. The van der Waals surface area contributed by atoms with E-state index < -0.39 is 0 Å². The average Bonchev–Trinajstić information content (AvgIpc) is 2.50. The third-order valence-electron chi connectivity index (χ3n) is 4.23. The molecule has 0 heterocycles. The van der Waals surface area contributed by atoms with Crippen molar-refractivity contribution in [3.8, 4) is 0 Å². The molecule has 0 radical (unpaired) electrons. The molecule has 130 valence electrons. The third-order valence-corrected chi connectivity index (χ3v) is 4.23. The number of nitrogens with one attached hydrogen (secondary N) is 2. The highest BCUT2D eigenvalue weighted by molar-refractivity contribution is 5.78. The number of rotatable bonds is 7. The summed E-state index contributed by atoms with van der Waals surface area (Å²) in [6.07, 6.45) is 2.01. The summed E-state index contributed by atoms with van der Waals surface area (Å²) in [6.45, 7) is 13.5. The van der Waals surface area contributed by atoms with Gasteiger partial charge in [-0.25, -0.2) is 0 Å². The topological polar surface area (TPSA) is 62.4 Å². The highest BCUT2D eigenvalue weighted by Crippen LogP contribution is 2.22. The summed E-state index contributed by atoms with van der Waals surface area (Å²) in [5, 5.41) is 7.00. The molecular weight excluding hydrogens is 284 g/mol. The van der Waals surface area contributed by atoms with Gasteiger partial charge in [0, 0.05) is 17.1 Å². The van der Waals surface area contributed by atoms with Crippen LogP contribution in [0.4, 0.5) is 0 Å². The minimum absolute atomic E-state index is 0.0422. The Bertz CT molecular complexity index is 484. The summed E-state index contributed by atoms with van der Waals surface area (Å²) in [5.41, 5.74) is 7.21. The summed E-state index contributed by atoms with van der Waals surface area (Å²) >= 11 is 0. The van der Waals surface area contributed by atoms with Crippen LogP contribution in [0.15, 0.2) is 35.3 Å². The lowest BCUT2D eigenvalue weighted by Gasteiger charge is -2.35. The number of guanidine groups is 1. The first kappa shape index (κ1) is 19.5. The molecule has 1 rings (SSSR count). The largest absolute Gasteiger partial charge is 0.370 e. The molecule has 0 aliphatic carbocycles. The van der Waals surface area contributed by atoms with E-state index in [1.54, 1.807) is 0 Å². The Morgan fingerprint density at radius 2 is 1.70 bits per heavy atom. The molecule has 1 aromatic rings. The van der Waals surface area contributed by atoms with Crippen molar-refractivity contribution in [3.05, 3.63) is 35.9 Å². The van der Waals surface area contributed by atoms with Gasteiger partial charge in [-0.1, -0.05) is 44.2 Å². The fourth-order valence-electron chi connectivity index (χ4n) is 2.67. The van der Waals surface area contributed by atoms with Gasteiger partial charge in [0.25, 0.3) is 0 Å². The van der Waals surface area contributed by atoms with E-state index in [0.29, 0.717) is 12.5 Å². The smallest absolute Gasteiger partial charge is 0.189 e. The molecule has 0 saturated carbocycles. The Morgan fingerprint density at radius 1 is 1.13 bits per heavy atom. The maximum atomic E-state index is 6.03. The van der Waals surface area contributed by atoms with Crippen LogP contribution in [0, 0.1) is 0 Å². The molecule has 4 heteroatoms. The van der Waals surface area contributed by atoms with Gasteiger partial charge in [0.05, 0.1) is 6.54 Å². The molecule has 23 heavy (non-hydrogen) atoms. The van der Waals surface area contributed by atoms with Crippen LogP contribution in [0.2, 0.25) is 0 Å². The molecule has 0 spiro atoms. The second kappa shape index (κ2) is 8.34. The van der Waals surface area contributed by atoms with Crippen molar-refractivity contribution >= 4 is 5.96 Å². The fraction of sp³-hybridized carbons (Fsp3) is 0.632. The molecule has 0 fully saturated rings. The zero-order valence-electron chi connectivity index (χ0n) is 15.6. The molecule has 0 aliphatic heterocycles. The number of nitrogens with zero attached hydrogens (tertiary/aromatic N) is 1. The molecule has 1 atom stereocenters. The summed E-state index contributed by atoms with van der Waals surface area (Å²) in [4.78, 5) is 4.59. The lowest BCUT2D eigenvalue weighted by Crippen LogP contribution is -2.50. The highest BCUT2D eigenvalue weighted by Gasteiger charge is 2.28. The Kier molecular flexibility index (Phi) is 7.07. The number of hydrogen-bond donors (Lipinski definition) is 3. The van der Waals surface area contributed by atoms with E-state index in [1.165, 1.54) is 5.56 Å². The summed E-state index contributed by atoms with van der Waals surface area (Å²) in [7, 11) is 0. The van der Waals surface area contributed by atoms with Gasteiger partial charge < -0.3 is 16.4 Å². The number of nitrogens with two attached hydrogens (primary N) is 1. The van der Waals surface area contributed by atoms with Crippen molar-refractivity contribution in [1.29, 1.82) is 0 Å². The van der Waals surface area contributed by atoms with Gasteiger partial charge >= 0.3 is 0 Å². The molecular formula is C19H34N4. The minimum Gasteiger partial charge on any atom is -0.370 e. The second-order valence-corrected chi connectivity index (χ2v) is 7.34. The first-order valence-electron chi connectivity index (χ1n) is 8.62. The fourth-order valence-corrected chi connectivity index (χ4v) is 2.67. The van der Waals surface area contributed by atoms with Gasteiger partial charge in [0.2, 0.25) is 0 Å². The van der Waals surface area contributed by atoms with E-state index in [9.17, 15) is 0 Å². The Labute approximate surface area is 142 Å². The zero-order chi connectivity index (χ0) is 17.5. The molecule has 0 bridgehead atoms. The maximum absolute atomic E-state index is 6.03. The van der Waals surface area contributed by atoms with Gasteiger partial charge in [-0.15, -0.1) is 0 Å². The first-order valence-corrected chi connectivity index (χ1v) is 8.62. The predicted molar refractivity (Wildman–Crippen MR) is 101 cm³/mol. The van der Waals surface area contributed by atoms with E-state index >= 15 is 0 Å². The minimum atomic E-state index is -0.0700. The average molecular weight is 319 g/mol. The Morgan fingerprint density at radius 3 is 2.17 bits per heavy atom. The van der Waals surface area contributed by atoms with E-state index in [-0.39, 0.29) is 17.1 Å². The second-order valence-electron chi connectivity index (χ2n) is 7.34. The van der Waals surface area contributed by atoms with Crippen LogP contribution in [0.25, 0.3) is 0 Å². The van der Waals surface area contributed by atoms with Crippen molar-refractivity contribution in [1.82, 2.24) is 10.6 Å². The van der Waals surface area contributed by atoms with Crippen molar-refractivity contribution in [3.63, 3.8) is 0 Å². The van der Waals surface area contributed by atoms with Crippen LogP contribution in [0.1, 0.15) is 66.0 Å². The van der Waals surface area contributed by atoms with Gasteiger partial charge in [-0.05, 0) is 46.1 Å². The van der Waals surface area contributed by atoms with Gasteiger partial charge in [-0.2, -0.15) is 0 Å². The van der Waals surface area contributed by atoms with Crippen molar-refractivity contribution in [2.45, 2.75) is 71.5 Å². The Balaban J connectivity index is 2.80. The summed E-state index contributed by atoms with van der Waals surface area (Å²) < 4.78 is 0. The molecule has 1 unspecified atom stereocenters. The van der Waals surface area contributed by atoms with E-state index in [4.69, 9.17) is 5.73 Å². The van der Waals surface area contributed by atoms with E-state index in [0.717, 1.165) is 12.8 Å². The molecule has 1 aromatic carbocycles. The monoisotopic (exact) mass is 318 g/mol. The van der Waals surface area contributed by atoms with E-state index in [2.05, 4.69) is 81.4 Å². The third kappa shape index (κ3) is 6.61. The van der Waals surface area contributed by atoms with Crippen LogP contribution in [0.3, 0.4) is 0 Å². The van der Waals surface area contributed by atoms with Crippen LogP contribution < -0.4 is 16.4 Å². The van der Waals surface area contributed by atoms with Crippen molar-refractivity contribution < 1.29 is 0 Å². The molecule has 0 aromatic heterocycles. The van der Waals surface area contributed by atoms with Crippen LogP contribution in [-0.4, -0.2) is 23.6 Å². The van der Waals surface area contributed by atoms with Gasteiger partial charge in [0.1, 0.15) is 0 Å². The van der Waals surface area contributed by atoms with Crippen LogP contribution >= 0.6 is 0 Å². The lowest BCUT2D eigenvalue weighted by atomic mass is 9.90. The Hall–Kier alpha value is -1.55. The standard InChI is InChI=1S/C19H34N4/c1-7-19(8-2,14-21-17(20)23-18(4,5)6)22-15(3)16-12-10-9-11-13-16/h9-13,15,22H,7-8,14H2,1-6H3,(H3,20,21,23). The van der Waals surface area contributed by atoms with Crippen LogP contribution in [0.5, 0.6) is 0 Å². The SMILES string of the molecule is CCC(CC)(CN=C(N)NC(C)(C)C)NC(C)c1ccccc1. The van der Waals surface area contributed by atoms with Gasteiger partial charge in [0.15, 0.2) is 5.96 Å². The lowest BCUT2D eigenvalue weighted by molar-refractivity contribution is 0.280. The number of aliphatic imine (C=N–C) groups is 1. The van der Waals surface area contributed by atoms with Crippen molar-refractivity contribution in [2.75, 3.05) is 6.54 Å². The maximum Gasteiger partial charge on any atom is 0.189 e. The normalized spacial score (nSPS) is 14.6. The van der Waals surface area contributed by atoms with Crippen LogP contribution in [-0.2, 0) is 0 Å². The van der Waals surface area contributed by atoms with Gasteiger partial charge in [-0.3, -0.25) is 4.99 Å². The van der Waals surface area contributed by atoms with Crippen molar-refractivity contribution in [2.24, 2.45) is 10.7 Å². The number of hydrogen-bond acceptors (Lipinski definition) is 2. The van der Waals surface area contributed by atoms with E-state index in [1.807, 2.05) is 6.07 Å². The highest BCUT2D eigenvalue weighted by atomic mass is 15.1. The quantitative estimate of drug-likeness (QED) is 0.532.